The maximum Gasteiger partial charge on any atom is 0.323 e. The number of nitrogens with one attached hydrogen (secondary N) is 1. The first-order chi connectivity index (χ1) is 11.1. The average molecular weight is 326 g/mol. The SMILES string of the molecule is Cc1ccc(C2SCCN2C(=O)Nc2ccccc2C)c(C)c1. The van der Waals surface area contributed by atoms with Gasteiger partial charge < -0.3 is 10.2 Å². The van der Waals surface area contributed by atoms with Crippen LogP contribution in [-0.2, 0) is 0 Å². The molecular formula is C19H22N2OS. The topological polar surface area (TPSA) is 32.3 Å². The summed E-state index contributed by atoms with van der Waals surface area (Å²) in [7, 11) is 0. The number of anilines is 1. The third-order valence-corrected chi connectivity index (χ3v) is 5.47. The molecule has 3 nitrogen and oxygen atoms in total. The van der Waals surface area contributed by atoms with Crippen molar-refractivity contribution in [2.45, 2.75) is 26.1 Å². The second-order valence-corrected chi connectivity index (χ2v) is 7.21. The Kier molecular flexibility index (Phi) is 4.62. The fourth-order valence-corrected chi connectivity index (χ4v) is 4.29. The molecule has 0 radical (unpaired) electrons. The van der Waals surface area contributed by atoms with Crippen LogP contribution in [0, 0.1) is 20.8 Å². The van der Waals surface area contributed by atoms with Gasteiger partial charge in [0.25, 0.3) is 0 Å². The van der Waals surface area contributed by atoms with Crippen LogP contribution in [0.3, 0.4) is 0 Å². The Balaban J connectivity index is 1.81. The fourth-order valence-electron chi connectivity index (χ4n) is 2.94. The van der Waals surface area contributed by atoms with Gasteiger partial charge in [0.15, 0.2) is 0 Å². The van der Waals surface area contributed by atoms with Crippen LogP contribution in [0.1, 0.15) is 27.6 Å². The molecule has 2 amide bonds. The summed E-state index contributed by atoms with van der Waals surface area (Å²) in [6.45, 7) is 7.01. The second-order valence-electron chi connectivity index (χ2n) is 6.02. The highest BCUT2D eigenvalue weighted by atomic mass is 32.2. The van der Waals surface area contributed by atoms with Crippen LogP contribution in [0.4, 0.5) is 10.5 Å². The number of urea groups is 1. The lowest BCUT2D eigenvalue weighted by Gasteiger charge is -2.26. The van der Waals surface area contributed by atoms with E-state index in [1.54, 1.807) is 0 Å². The lowest BCUT2D eigenvalue weighted by atomic mass is 10.1. The van der Waals surface area contributed by atoms with Gasteiger partial charge in [0.05, 0.1) is 0 Å². The number of carbonyl (C=O) groups excluding carboxylic acids is 1. The van der Waals surface area contributed by atoms with Crippen molar-refractivity contribution >= 4 is 23.5 Å². The van der Waals surface area contributed by atoms with Crippen molar-refractivity contribution in [2.24, 2.45) is 0 Å². The van der Waals surface area contributed by atoms with E-state index in [4.69, 9.17) is 0 Å². The number of aryl methyl sites for hydroxylation is 3. The van der Waals surface area contributed by atoms with Crippen LogP contribution in [0.15, 0.2) is 42.5 Å². The largest absolute Gasteiger partial charge is 0.323 e. The average Bonchev–Trinajstić information content (AvgIpc) is 2.99. The lowest BCUT2D eigenvalue weighted by Crippen LogP contribution is -2.34. The first-order valence-corrected chi connectivity index (χ1v) is 8.93. The molecule has 0 spiro atoms. The van der Waals surface area contributed by atoms with Crippen LogP contribution in [-0.4, -0.2) is 23.2 Å². The second kappa shape index (κ2) is 6.67. The molecule has 0 saturated carbocycles. The summed E-state index contributed by atoms with van der Waals surface area (Å²) >= 11 is 1.83. The van der Waals surface area contributed by atoms with Gasteiger partial charge in [-0.05, 0) is 43.5 Å². The van der Waals surface area contributed by atoms with Crippen LogP contribution in [0.25, 0.3) is 0 Å². The molecule has 1 atom stereocenters. The van der Waals surface area contributed by atoms with E-state index >= 15 is 0 Å². The summed E-state index contributed by atoms with van der Waals surface area (Å²) in [5.74, 6) is 0.971. The van der Waals surface area contributed by atoms with Crippen molar-refractivity contribution in [3.05, 3.63) is 64.7 Å². The van der Waals surface area contributed by atoms with Crippen molar-refractivity contribution < 1.29 is 4.79 Å². The van der Waals surface area contributed by atoms with Gasteiger partial charge >= 0.3 is 6.03 Å². The summed E-state index contributed by atoms with van der Waals surface area (Å²) in [5, 5.41) is 3.15. The Morgan fingerprint density at radius 1 is 1.13 bits per heavy atom. The molecule has 1 unspecified atom stereocenters. The summed E-state index contributed by atoms with van der Waals surface area (Å²) in [4.78, 5) is 14.7. The zero-order valence-corrected chi connectivity index (χ0v) is 14.6. The fraction of sp³-hybridized carbons (Fsp3) is 0.316. The predicted molar refractivity (Wildman–Crippen MR) is 98.0 cm³/mol. The number of thioether (sulfide) groups is 1. The molecule has 23 heavy (non-hydrogen) atoms. The normalized spacial score (nSPS) is 17.3. The number of para-hydroxylation sites is 1. The molecule has 0 aliphatic carbocycles. The third-order valence-electron chi connectivity index (χ3n) is 4.23. The maximum atomic E-state index is 12.7. The molecule has 1 fully saturated rings. The number of hydrogen-bond donors (Lipinski definition) is 1. The van der Waals surface area contributed by atoms with Gasteiger partial charge in [-0.2, -0.15) is 0 Å². The summed E-state index contributed by atoms with van der Waals surface area (Å²) in [5.41, 5.74) is 5.70. The number of benzene rings is 2. The maximum absolute atomic E-state index is 12.7. The molecule has 1 N–H and O–H groups in total. The highest BCUT2D eigenvalue weighted by Crippen LogP contribution is 2.39. The van der Waals surface area contributed by atoms with Crippen LogP contribution < -0.4 is 5.32 Å². The highest BCUT2D eigenvalue weighted by Gasteiger charge is 2.31. The number of hydrogen-bond acceptors (Lipinski definition) is 2. The summed E-state index contributed by atoms with van der Waals surface area (Å²) < 4.78 is 0. The Bertz CT molecular complexity index is 729. The number of amides is 2. The lowest BCUT2D eigenvalue weighted by molar-refractivity contribution is 0.214. The molecule has 2 aromatic rings. The Morgan fingerprint density at radius 2 is 1.91 bits per heavy atom. The van der Waals surface area contributed by atoms with E-state index in [1.807, 2.05) is 47.9 Å². The minimum absolute atomic E-state index is 0.0192. The van der Waals surface area contributed by atoms with Crippen LogP contribution in [0.5, 0.6) is 0 Å². The first-order valence-electron chi connectivity index (χ1n) is 7.88. The highest BCUT2D eigenvalue weighted by molar-refractivity contribution is 7.99. The molecule has 1 heterocycles. The van der Waals surface area contributed by atoms with E-state index in [9.17, 15) is 4.79 Å². The van der Waals surface area contributed by atoms with Crippen LogP contribution in [0.2, 0.25) is 0 Å². The standard InChI is InChI=1S/C19H22N2OS/c1-13-8-9-16(15(3)12-13)18-21(10-11-23-18)19(22)20-17-7-5-4-6-14(17)2/h4-9,12,18H,10-11H2,1-3H3,(H,20,22). The van der Waals surface area contributed by atoms with Gasteiger partial charge in [-0.3, -0.25) is 0 Å². The Morgan fingerprint density at radius 3 is 2.65 bits per heavy atom. The monoisotopic (exact) mass is 326 g/mol. The van der Waals surface area contributed by atoms with Gasteiger partial charge in [0.1, 0.15) is 5.37 Å². The van der Waals surface area contributed by atoms with Gasteiger partial charge in [-0.15, -0.1) is 11.8 Å². The summed E-state index contributed by atoms with van der Waals surface area (Å²) in [6, 6.07) is 14.3. The molecule has 1 aliphatic rings. The zero-order chi connectivity index (χ0) is 16.4. The smallest absolute Gasteiger partial charge is 0.308 e. The quantitative estimate of drug-likeness (QED) is 0.852. The third kappa shape index (κ3) is 3.37. The van der Waals surface area contributed by atoms with Crippen molar-refractivity contribution in [3.8, 4) is 0 Å². The number of carbonyl (C=O) groups is 1. The van der Waals surface area contributed by atoms with Gasteiger partial charge in [-0.25, -0.2) is 4.79 Å². The molecule has 1 aliphatic heterocycles. The number of nitrogens with zero attached hydrogens (tertiary/aromatic N) is 1. The molecule has 120 valence electrons. The van der Waals surface area contributed by atoms with Crippen molar-refractivity contribution in [1.29, 1.82) is 0 Å². The summed E-state index contributed by atoms with van der Waals surface area (Å²) in [6.07, 6.45) is 0. The van der Waals surface area contributed by atoms with E-state index in [0.717, 1.165) is 23.5 Å². The van der Waals surface area contributed by atoms with E-state index in [-0.39, 0.29) is 11.4 Å². The van der Waals surface area contributed by atoms with E-state index < -0.39 is 0 Å². The first kappa shape index (κ1) is 15.9. The van der Waals surface area contributed by atoms with E-state index in [1.165, 1.54) is 16.7 Å². The molecule has 4 heteroatoms. The minimum atomic E-state index is -0.0192. The van der Waals surface area contributed by atoms with E-state index in [0.29, 0.717) is 0 Å². The molecule has 0 aromatic heterocycles. The molecule has 0 bridgehead atoms. The van der Waals surface area contributed by atoms with Crippen LogP contribution >= 0.6 is 11.8 Å². The van der Waals surface area contributed by atoms with E-state index in [2.05, 4.69) is 37.4 Å². The van der Waals surface area contributed by atoms with Crippen molar-refractivity contribution in [2.75, 3.05) is 17.6 Å². The molecular weight excluding hydrogens is 304 g/mol. The number of rotatable bonds is 2. The Hall–Kier alpha value is -1.94. The van der Waals surface area contributed by atoms with Gasteiger partial charge in [0, 0.05) is 18.0 Å². The van der Waals surface area contributed by atoms with Gasteiger partial charge in [-0.1, -0.05) is 42.0 Å². The van der Waals surface area contributed by atoms with Crippen molar-refractivity contribution in [3.63, 3.8) is 0 Å². The molecule has 3 rings (SSSR count). The Labute approximate surface area is 142 Å². The predicted octanol–water partition coefficient (Wildman–Crippen LogP) is 4.89. The van der Waals surface area contributed by atoms with Gasteiger partial charge in [0.2, 0.25) is 0 Å². The molecule has 2 aromatic carbocycles. The minimum Gasteiger partial charge on any atom is -0.308 e. The van der Waals surface area contributed by atoms with Crippen molar-refractivity contribution in [1.82, 2.24) is 4.90 Å². The molecule has 1 saturated heterocycles. The zero-order valence-electron chi connectivity index (χ0n) is 13.8.